The fraction of sp³-hybridized carbons (Fsp3) is 0.382. The summed E-state index contributed by atoms with van der Waals surface area (Å²) in [4.78, 5) is 24.8. The molecule has 0 N–H and O–H groups in total. The quantitative estimate of drug-likeness (QED) is 0.0646. The number of nitrogens with zero attached hydrogens (tertiary/aromatic N) is 16. The van der Waals surface area contributed by atoms with Crippen molar-refractivity contribution in [3.8, 4) is 36.4 Å². The first-order valence-corrected chi connectivity index (χ1v) is 26.3. The maximum Gasteiger partial charge on any atom is 3.00 e. The van der Waals surface area contributed by atoms with Crippen LogP contribution in [0.4, 0.5) is 51.8 Å². The first kappa shape index (κ1) is 87.4. The van der Waals surface area contributed by atoms with Crippen LogP contribution in [0.15, 0.2) is 97.1 Å². The van der Waals surface area contributed by atoms with Gasteiger partial charge >= 0.3 is 55.9 Å². The summed E-state index contributed by atoms with van der Waals surface area (Å²) in [6.45, 7) is 23.2. The van der Waals surface area contributed by atoms with Crippen molar-refractivity contribution >= 4 is 65.9 Å². The van der Waals surface area contributed by atoms with Crippen LogP contribution in [0.5, 0.6) is 0 Å². The smallest absolute Gasteiger partial charge is 0.850 e. The molecule has 480 valence electrons. The molecular weight excluding hydrogens is 1270 g/mol. The molecule has 0 spiro atoms. The van der Waals surface area contributed by atoms with Crippen LogP contribution < -0.4 is 5.11 Å². The molecular formula is C55H67B3F12Fe2N16O+2. The zero-order valence-corrected chi connectivity index (χ0v) is 52.6. The number of rotatable bonds is 16. The van der Waals surface area contributed by atoms with Crippen LogP contribution in [0.1, 0.15) is 92.5 Å². The van der Waals surface area contributed by atoms with Crippen LogP contribution in [0.2, 0.25) is 0 Å². The third-order valence-corrected chi connectivity index (χ3v) is 10.6. The van der Waals surface area contributed by atoms with Crippen LogP contribution in [0, 0.1) is 68.0 Å². The minimum absolute atomic E-state index is 0. The Morgan fingerprint density at radius 1 is 0.371 bits per heavy atom. The Morgan fingerprint density at radius 3 is 0.663 bits per heavy atom. The Bertz CT molecular complexity index is 3040. The molecule has 8 aromatic rings. The molecule has 34 heteroatoms. The summed E-state index contributed by atoms with van der Waals surface area (Å²) in [5.74, 6) is 3.82. The molecule has 0 aliphatic heterocycles. The average molecular weight is 1340 g/mol. The van der Waals surface area contributed by atoms with Crippen molar-refractivity contribution in [2.75, 3.05) is 13.1 Å². The molecule has 2 radical (unpaired) electrons. The number of imidazole rings is 4. The van der Waals surface area contributed by atoms with Gasteiger partial charge in [0.1, 0.15) is 23.3 Å². The van der Waals surface area contributed by atoms with E-state index in [0.29, 0.717) is 39.3 Å². The molecule has 4 aromatic carbocycles. The second-order valence-corrected chi connectivity index (χ2v) is 16.8. The molecule has 0 aliphatic carbocycles. The summed E-state index contributed by atoms with van der Waals surface area (Å²) in [6, 6.07) is 43.6. The van der Waals surface area contributed by atoms with E-state index in [9.17, 15) is 56.9 Å². The normalized spacial score (nSPS) is 10.0. The van der Waals surface area contributed by atoms with E-state index >= 15 is 0 Å². The molecule has 0 saturated carbocycles. The van der Waals surface area contributed by atoms with Gasteiger partial charge in [-0.25, -0.2) is 19.9 Å². The first-order valence-electron chi connectivity index (χ1n) is 26.3. The zero-order chi connectivity index (χ0) is 66.9. The van der Waals surface area contributed by atoms with Gasteiger partial charge < -0.3 is 75.2 Å². The predicted molar refractivity (Wildman–Crippen MR) is 312 cm³/mol. The monoisotopic (exact) mass is 1340 g/mol. The molecule has 0 unspecified atom stereocenters. The number of nitriles is 6. The number of aryl methyl sites for hydroxylation is 4. The van der Waals surface area contributed by atoms with Gasteiger partial charge in [-0.15, -0.1) is 6.10 Å². The van der Waals surface area contributed by atoms with Crippen molar-refractivity contribution in [1.82, 2.24) is 48.0 Å². The molecule has 0 atom stereocenters. The van der Waals surface area contributed by atoms with Gasteiger partial charge in [0.25, 0.3) is 0 Å². The largest absolute Gasteiger partial charge is 3.00 e. The molecule has 89 heavy (non-hydrogen) atoms. The first-order chi connectivity index (χ1) is 41.0. The van der Waals surface area contributed by atoms with Gasteiger partial charge in [-0.3, -0.25) is 9.80 Å². The summed E-state index contributed by atoms with van der Waals surface area (Å²) < 4.78 is 126. The number of aromatic nitrogens is 8. The van der Waals surface area contributed by atoms with E-state index in [0.717, 1.165) is 93.6 Å². The third-order valence-electron chi connectivity index (χ3n) is 10.6. The Balaban J connectivity index is -0.000000861. The average Bonchev–Trinajstić information content (AvgIpc) is 2.28. The third kappa shape index (κ3) is 36.2. The van der Waals surface area contributed by atoms with Crippen LogP contribution >= 0.6 is 0 Å². The predicted octanol–water partition coefficient (Wildman–Crippen LogP) is 13.7. The van der Waals surface area contributed by atoms with E-state index in [1.165, 1.54) is 41.5 Å². The standard InChI is InChI=1S/C43H49N10O.6C2H3N.3BF4.2Fe/c1-5-50-36-21-13-9-17-32(36)44-40(50)27-48(28-41-45-33-18-10-14-22-37(33)51(41)6-2)25-31(54)26-49(29-42-46-34-19-11-15-23-38(34)52(42)7-3)30-43-47-35-20-12-16-24-39(35)53(43)8-4;6*1-2-3;3*2-1(3,4)5;;/h9-24,31H,5-8,25-30H2,1-4H3;6*1H3;;;;;/q-1;;;;;;;3*-1;2*+3. The number of fused-ring (bicyclic) bond motifs is 4. The van der Waals surface area contributed by atoms with Gasteiger partial charge in [-0.05, 0) is 89.3 Å². The molecule has 8 rings (SSSR count). The SMILES string of the molecule is CC#N.CC#N.CC#N.CC#N.CC#N.CC#N.CCn1c(CN(Cc2nc3ccccc3n2CC)CC([O-])CN(Cc2nc3ccccc3n2CC)Cc2nc3ccccc3n2CC)nc2ccccc21.F[B-](F)(F)F.F[B-](F)(F)F.F[B-](F)(F)F.[Fe+3].[Fe+3]. The fourth-order valence-corrected chi connectivity index (χ4v) is 8.20. The van der Waals surface area contributed by atoms with E-state index in [1.807, 2.05) is 24.3 Å². The van der Waals surface area contributed by atoms with Crippen molar-refractivity contribution in [3.63, 3.8) is 0 Å². The van der Waals surface area contributed by atoms with Crippen molar-refractivity contribution < 1.29 is 91.0 Å². The summed E-state index contributed by atoms with van der Waals surface area (Å²) in [5.41, 5.74) is 8.32. The molecule has 0 aliphatic rings. The van der Waals surface area contributed by atoms with Gasteiger partial charge in [-0.2, -0.15) is 31.6 Å². The molecule has 0 saturated heterocycles. The van der Waals surface area contributed by atoms with Crippen LogP contribution in [0.25, 0.3) is 44.1 Å². The Morgan fingerprint density at radius 2 is 0.517 bits per heavy atom. The van der Waals surface area contributed by atoms with Gasteiger partial charge in [0, 0.05) is 67.7 Å². The van der Waals surface area contributed by atoms with Crippen LogP contribution in [-0.4, -0.2) is 89.0 Å². The Kier molecular flexibility index (Phi) is 46.2. The van der Waals surface area contributed by atoms with Crippen molar-refractivity contribution in [2.24, 2.45) is 0 Å². The molecule has 0 amide bonds. The molecule has 0 fully saturated rings. The molecule has 4 aromatic heterocycles. The van der Waals surface area contributed by atoms with E-state index in [2.05, 4.69) is 129 Å². The van der Waals surface area contributed by atoms with Crippen molar-refractivity contribution in [2.45, 2.75) is 128 Å². The maximum atomic E-state index is 14.6. The minimum Gasteiger partial charge on any atom is -0.850 e. The van der Waals surface area contributed by atoms with E-state index < -0.39 is 27.9 Å². The topological polar surface area (TPSA) is 244 Å². The van der Waals surface area contributed by atoms with Crippen molar-refractivity contribution in [3.05, 3.63) is 120 Å². The number of para-hydroxylation sites is 8. The number of benzene rings is 4. The van der Waals surface area contributed by atoms with E-state index in [-0.39, 0.29) is 34.1 Å². The maximum absolute atomic E-state index is 14.6. The van der Waals surface area contributed by atoms with Gasteiger partial charge in [0.15, 0.2) is 0 Å². The number of halogens is 12. The second-order valence-electron chi connectivity index (χ2n) is 16.8. The van der Waals surface area contributed by atoms with Gasteiger partial charge in [0.2, 0.25) is 0 Å². The zero-order valence-electron chi connectivity index (χ0n) is 50.4. The van der Waals surface area contributed by atoms with Crippen LogP contribution in [-0.2, 0) is 86.5 Å². The van der Waals surface area contributed by atoms with E-state index in [4.69, 9.17) is 51.5 Å². The minimum atomic E-state index is -6.00. The molecule has 17 nitrogen and oxygen atoms in total. The van der Waals surface area contributed by atoms with Gasteiger partial charge in [-0.1, -0.05) is 48.5 Å². The number of hydrogen-bond donors (Lipinski definition) is 0. The molecule has 4 heterocycles. The summed E-state index contributed by atoms with van der Waals surface area (Å²) in [7, 11) is -18.0. The summed E-state index contributed by atoms with van der Waals surface area (Å²) >= 11 is 0. The Hall–Kier alpha value is -8.03. The van der Waals surface area contributed by atoms with Crippen molar-refractivity contribution in [1.29, 1.82) is 31.6 Å². The summed E-state index contributed by atoms with van der Waals surface area (Å²) in [5, 5.41) is 58.5. The molecule has 0 bridgehead atoms. The Labute approximate surface area is 531 Å². The van der Waals surface area contributed by atoms with Gasteiger partial charge in [0.05, 0.1) is 107 Å². The van der Waals surface area contributed by atoms with Crippen LogP contribution in [0.3, 0.4) is 0 Å². The number of hydrogen-bond acceptors (Lipinski definition) is 13. The summed E-state index contributed by atoms with van der Waals surface area (Å²) in [6.07, 6.45) is -0.928. The second kappa shape index (κ2) is 47.0. The fourth-order valence-electron chi connectivity index (χ4n) is 8.20. The van der Waals surface area contributed by atoms with E-state index in [1.54, 1.807) is 36.4 Å².